The van der Waals surface area contributed by atoms with Crippen LogP contribution in [0.4, 0.5) is 4.79 Å². The molecule has 1 rings (SSSR count). The van der Waals surface area contributed by atoms with Crippen molar-refractivity contribution in [1.82, 2.24) is 14.7 Å². The highest BCUT2D eigenvalue weighted by molar-refractivity contribution is 6.44. The summed E-state index contributed by atoms with van der Waals surface area (Å²) < 4.78 is 0. The van der Waals surface area contributed by atoms with Crippen LogP contribution in [0.2, 0.25) is 0 Å². The smallest absolute Gasteiger partial charge is 0.309 e. The van der Waals surface area contributed by atoms with Crippen molar-refractivity contribution in [2.24, 2.45) is 0 Å². The maximum atomic E-state index is 11.5. The van der Waals surface area contributed by atoms with E-state index in [0.717, 1.165) is 35.6 Å². The monoisotopic (exact) mass is 241 g/mol. The lowest BCUT2D eigenvalue weighted by Gasteiger charge is -2.13. The first-order chi connectivity index (χ1) is 7.95. The molecule has 0 aromatic carbocycles. The van der Waals surface area contributed by atoms with Gasteiger partial charge < -0.3 is 4.90 Å². The third-order valence-corrected chi connectivity index (χ3v) is 2.74. The number of urea groups is 1. The summed E-state index contributed by atoms with van der Waals surface area (Å²) in [6.45, 7) is 1.32. The summed E-state index contributed by atoms with van der Waals surface area (Å²) in [6.07, 6.45) is 2.70. The van der Waals surface area contributed by atoms with Gasteiger partial charge in [-0.05, 0) is 33.5 Å². The number of carbonyl (C=O) groups is 3. The molecule has 0 radical (unpaired) electrons. The molecule has 6 nitrogen and oxygen atoms in total. The first-order valence-electron chi connectivity index (χ1n) is 5.73. The van der Waals surface area contributed by atoms with Crippen LogP contribution in [-0.4, -0.2) is 66.8 Å². The minimum Gasteiger partial charge on any atom is -0.309 e. The molecule has 0 saturated carbocycles. The predicted octanol–water partition coefficient (Wildman–Crippen LogP) is 0.139. The Bertz CT molecular complexity index is 328. The molecule has 1 heterocycles. The number of nitrogens with zero attached hydrogens (tertiary/aromatic N) is 3. The van der Waals surface area contributed by atoms with Crippen LogP contribution in [0.15, 0.2) is 0 Å². The molecule has 0 bridgehead atoms. The van der Waals surface area contributed by atoms with E-state index in [4.69, 9.17) is 0 Å². The van der Waals surface area contributed by atoms with Crippen molar-refractivity contribution < 1.29 is 14.4 Å². The van der Waals surface area contributed by atoms with Gasteiger partial charge in [0.25, 0.3) is 0 Å². The van der Waals surface area contributed by atoms with Gasteiger partial charge in [-0.25, -0.2) is 4.79 Å². The Balaban J connectivity index is 2.30. The fraction of sp³-hybridized carbons (Fsp3) is 0.727. The first-order valence-corrected chi connectivity index (χ1v) is 5.73. The molecular weight excluding hydrogens is 222 g/mol. The molecular formula is C11H19N3O3. The van der Waals surface area contributed by atoms with E-state index in [2.05, 4.69) is 4.90 Å². The maximum absolute atomic E-state index is 11.5. The van der Waals surface area contributed by atoms with Gasteiger partial charge in [-0.15, -0.1) is 0 Å². The fourth-order valence-electron chi connectivity index (χ4n) is 1.69. The summed E-state index contributed by atoms with van der Waals surface area (Å²) in [5, 5.41) is 0. The van der Waals surface area contributed by atoms with Crippen LogP contribution < -0.4 is 0 Å². The van der Waals surface area contributed by atoms with Gasteiger partial charge in [0.1, 0.15) is 0 Å². The average molecular weight is 241 g/mol. The minimum atomic E-state index is -0.733. The predicted molar refractivity (Wildman–Crippen MR) is 62.3 cm³/mol. The Morgan fingerprint density at radius 2 is 1.65 bits per heavy atom. The molecule has 0 aromatic heterocycles. The van der Waals surface area contributed by atoms with Crippen molar-refractivity contribution in [2.45, 2.75) is 19.3 Å². The van der Waals surface area contributed by atoms with Crippen molar-refractivity contribution >= 4 is 17.8 Å². The second-order valence-corrected chi connectivity index (χ2v) is 4.47. The molecule has 0 aliphatic carbocycles. The molecule has 0 unspecified atom stereocenters. The summed E-state index contributed by atoms with van der Waals surface area (Å²) in [5.41, 5.74) is 0. The topological polar surface area (TPSA) is 60.9 Å². The number of carbonyl (C=O) groups excluding carboxylic acids is 3. The van der Waals surface area contributed by atoms with Gasteiger partial charge in [0.05, 0.1) is 0 Å². The van der Waals surface area contributed by atoms with Crippen molar-refractivity contribution in [3.63, 3.8) is 0 Å². The first kappa shape index (κ1) is 13.6. The molecule has 0 atom stereocenters. The summed E-state index contributed by atoms with van der Waals surface area (Å²) in [4.78, 5) is 38.1. The third-order valence-electron chi connectivity index (χ3n) is 2.74. The Hall–Kier alpha value is -1.43. The van der Waals surface area contributed by atoms with Crippen LogP contribution >= 0.6 is 0 Å². The number of likely N-dealkylation sites (N-methyl/N-ethyl adjacent to an activating group) is 1. The fourth-order valence-corrected chi connectivity index (χ4v) is 1.69. The molecule has 0 N–H and O–H groups in total. The number of hydrogen-bond donors (Lipinski definition) is 0. The highest BCUT2D eigenvalue weighted by atomic mass is 16.2. The second-order valence-electron chi connectivity index (χ2n) is 4.47. The maximum Gasteiger partial charge on any atom is 0.333 e. The minimum absolute atomic E-state index is 0.334. The third kappa shape index (κ3) is 3.26. The van der Waals surface area contributed by atoms with Crippen LogP contribution in [0.1, 0.15) is 19.3 Å². The Kier molecular flexibility index (Phi) is 4.62. The Morgan fingerprint density at radius 3 is 2.12 bits per heavy atom. The summed E-state index contributed by atoms with van der Waals surface area (Å²) in [5.74, 6) is -1.44. The zero-order valence-corrected chi connectivity index (χ0v) is 10.6. The number of unbranched alkanes of at least 4 members (excludes halogenated alkanes) is 2. The van der Waals surface area contributed by atoms with E-state index in [1.165, 1.54) is 7.05 Å². The zero-order chi connectivity index (χ0) is 13.0. The van der Waals surface area contributed by atoms with Crippen molar-refractivity contribution in [2.75, 3.05) is 34.2 Å². The average Bonchev–Trinajstić information content (AvgIpc) is 2.45. The van der Waals surface area contributed by atoms with E-state index in [1.54, 1.807) is 0 Å². The van der Waals surface area contributed by atoms with E-state index in [0.29, 0.717) is 6.54 Å². The summed E-state index contributed by atoms with van der Waals surface area (Å²) in [7, 11) is 5.33. The molecule has 1 fully saturated rings. The number of rotatable bonds is 6. The molecule has 1 aliphatic rings. The van der Waals surface area contributed by atoms with Crippen LogP contribution in [-0.2, 0) is 9.59 Å². The standard InChI is InChI=1S/C11H19N3O3/c1-12(2)7-5-4-6-8-14-10(16)9(15)13(3)11(14)17/h4-8H2,1-3H3. The molecule has 1 saturated heterocycles. The molecule has 96 valence electrons. The van der Waals surface area contributed by atoms with Gasteiger partial charge in [-0.3, -0.25) is 19.4 Å². The number of imide groups is 2. The molecule has 0 spiro atoms. The summed E-state index contributed by atoms with van der Waals surface area (Å²) >= 11 is 0. The largest absolute Gasteiger partial charge is 0.333 e. The van der Waals surface area contributed by atoms with Crippen LogP contribution in [0.3, 0.4) is 0 Å². The molecule has 17 heavy (non-hydrogen) atoms. The molecule has 1 aliphatic heterocycles. The number of hydrogen-bond acceptors (Lipinski definition) is 4. The second kappa shape index (κ2) is 5.77. The van der Waals surface area contributed by atoms with Crippen molar-refractivity contribution in [3.8, 4) is 0 Å². The normalized spacial score (nSPS) is 16.6. The van der Waals surface area contributed by atoms with Crippen molar-refractivity contribution in [3.05, 3.63) is 0 Å². The van der Waals surface area contributed by atoms with Crippen LogP contribution in [0.5, 0.6) is 0 Å². The van der Waals surface area contributed by atoms with Gasteiger partial charge >= 0.3 is 17.8 Å². The lowest BCUT2D eigenvalue weighted by Crippen LogP contribution is -2.32. The highest BCUT2D eigenvalue weighted by Crippen LogP contribution is 2.11. The van der Waals surface area contributed by atoms with Gasteiger partial charge in [-0.2, -0.15) is 0 Å². The van der Waals surface area contributed by atoms with Gasteiger partial charge in [0.15, 0.2) is 0 Å². The lowest BCUT2D eigenvalue weighted by molar-refractivity contribution is -0.142. The highest BCUT2D eigenvalue weighted by Gasteiger charge is 2.41. The van der Waals surface area contributed by atoms with E-state index in [1.807, 2.05) is 14.1 Å². The van der Waals surface area contributed by atoms with Gasteiger partial charge in [-0.1, -0.05) is 6.42 Å². The quantitative estimate of drug-likeness (QED) is 0.377. The van der Waals surface area contributed by atoms with E-state index < -0.39 is 17.8 Å². The molecule has 4 amide bonds. The van der Waals surface area contributed by atoms with E-state index in [9.17, 15) is 14.4 Å². The zero-order valence-electron chi connectivity index (χ0n) is 10.6. The van der Waals surface area contributed by atoms with Gasteiger partial charge in [0, 0.05) is 13.6 Å². The lowest BCUT2D eigenvalue weighted by atomic mass is 10.2. The van der Waals surface area contributed by atoms with Crippen molar-refractivity contribution in [1.29, 1.82) is 0 Å². The van der Waals surface area contributed by atoms with Crippen LogP contribution in [0, 0.1) is 0 Å². The van der Waals surface area contributed by atoms with Gasteiger partial charge in [0.2, 0.25) is 0 Å². The van der Waals surface area contributed by atoms with E-state index in [-0.39, 0.29) is 0 Å². The Morgan fingerprint density at radius 1 is 1.00 bits per heavy atom. The molecule has 6 heteroatoms. The SMILES string of the molecule is CN(C)CCCCCN1C(=O)C(=O)N(C)C1=O. The molecule has 0 aromatic rings. The number of amides is 4. The van der Waals surface area contributed by atoms with E-state index >= 15 is 0 Å². The van der Waals surface area contributed by atoms with Crippen LogP contribution in [0.25, 0.3) is 0 Å². The Labute approximate surface area is 101 Å². The summed E-state index contributed by atoms with van der Waals surface area (Å²) in [6, 6.07) is -0.507.